The minimum atomic E-state index is 0.100. The van der Waals surface area contributed by atoms with E-state index in [1.54, 1.807) is 0 Å². The zero-order valence-electron chi connectivity index (χ0n) is 7.79. The lowest BCUT2D eigenvalue weighted by molar-refractivity contribution is -0.133. The molecule has 4 heteroatoms. The zero-order chi connectivity index (χ0) is 9.10. The molecule has 2 aliphatic heterocycles. The molecule has 2 aliphatic rings. The van der Waals surface area contributed by atoms with Crippen molar-refractivity contribution in [1.82, 2.24) is 10.2 Å². The molecule has 0 aliphatic carbocycles. The molecule has 3 nitrogen and oxygen atoms in total. The molecule has 2 heterocycles. The van der Waals surface area contributed by atoms with Gasteiger partial charge in [0.15, 0.2) is 0 Å². The van der Waals surface area contributed by atoms with Crippen LogP contribution < -0.4 is 5.32 Å². The van der Waals surface area contributed by atoms with Gasteiger partial charge < -0.3 is 4.90 Å². The molecule has 0 saturated carbocycles. The summed E-state index contributed by atoms with van der Waals surface area (Å²) in [4.78, 5) is 13.9. The lowest BCUT2D eigenvalue weighted by atomic mass is 10.1. The van der Waals surface area contributed by atoms with Gasteiger partial charge in [0, 0.05) is 24.7 Å². The third-order valence-corrected chi connectivity index (χ3v) is 3.62. The number of hydrogen-bond acceptors (Lipinski definition) is 3. The standard InChI is InChI=1S/C9H16N2OS/c12-9(8-6-13-7-10-8)11-4-2-1-3-5-11/h8,10H,1-7H2. The van der Waals surface area contributed by atoms with Crippen LogP contribution in [-0.2, 0) is 4.79 Å². The Hall–Kier alpha value is -0.220. The second-order valence-corrected chi connectivity index (χ2v) is 4.69. The second kappa shape index (κ2) is 4.33. The first-order valence-corrected chi connectivity index (χ1v) is 6.13. The lowest BCUT2D eigenvalue weighted by Crippen LogP contribution is -2.46. The summed E-state index contributed by atoms with van der Waals surface area (Å²) < 4.78 is 0. The van der Waals surface area contributed by atoms with Crippen LogP contribution in [0.3, 0.4) is 0 Å². The normalized spacial score (nSPS) is 29.2. The van der Waals surface area contributed by atoms with Gasteiger partial charge in [-0.25, -0.2) is 0 Å². The first-order valence-electron chi connectivity index (χ1n) is 4.98. The molecule has 1 amide bonds. The fraction of sp³-hybridized carbons (Fsp3) is 0.889. The van der Waals surface area contributed by atoms with Crippen molar-refractivity contribution in [3.8, 4) is 0 Å². The van der Waals surface area contributed by atoms with Gasteiger partial charge >= 0.3 is 0 Å². The highest BCUT2D eigenvalue weighted by Crippen LogP contribution is 2.15. The van der Waals surface area contributed by atoms with Crippen LogP contribution in [0.15, 0.2) is 0 Å². The van der Waals surface area contributed by atoms with Crippen molar-refractivity contribution >= 4 is 17.7 Å². The van der Waals surface area contributed by atoms with Crippen LogP contribution in [-0.4, -0.2) is 41.6 Å². The largest absolute Gasteiger partial charge is 0.341 e. The Morgan fingerprint density at radius 1 is 1.31 bits per heavy atom. The second-order valence-electron chi connectivity index (χ2n) is 3.66. The number of likely N-dealkylation sites (tertiary alicyclic amines) is 1. The first kappa shape index (κ1) is 9.34. The highest BCUT2D eigenvalue weighted by molar-refractivity contribution is 7.99. The molecule has 2 saturated heterocycles. The Bertz CT molecular complexity index is 186. The molecule has 0 aromatic rings. The van der Waals surface area contributed by atoms with Crippen molar-refractivity contribution < 1.29 is 4.79 Å². The predicted molar refractivity (Wildman–Crippen MR) is 54.7 cm³/mol. The number of rotatable bonds is 1. The number of thioether (sulfide) groups is 1. The molecule has 74 valence electrons. The van der Waals surface area contributed by atoms with Gasteiger partial charge in [-0.3, -0.25) is 10.1 Å². The number of carbonyl (C=O) groups is 1. The maximum Gasteiger partial charge on any atom is 0.240 e. The highest BCUT2D eigenvalue weighted by atomic mass is 32.2. The summed E-state index contributed by atoms with van der Waals surface area (Å²) in [5.41, 5.74) is 0. The molecular formula is C9H16N2OS. The maximum atomic E-state index is 11.9. The quantitative estimate of drug-likeness (QED) is 0.675. The zero-order valence-corrected chi connectivity index (χ0v) is 8.61. The van der Waals surface area contributed by atoms with Gasteiger partial charge in [0.2, 0.25) is 5.91 Å². The molecule has 0 aromatic carbocycles. The summed E-state index contributed by atoms with van der Waals surface area (Å²) in [6, 6.07) is 0.100. The number of carbonyl (C=O) groups excluding carboxylic acids is 1. The number of amides is 1. The van der Waals surface area contributed by atoms with Crippen molar-refractivity contribution in [3.63, 3.8) is 0 Å². The van der Waals surface area contributed by atoms with E-state index >= 15 is 0 Å². The minimum Gasteiger partial charge on any atom is -0.341 e. The van der Waals surface area contributed by atoms with E-state index in [-0.39, 0.29) is 6.04 Å². The third-order valence-electron chi connectivity index (χ3n) is 2.68. The van der Waals surface area contributed by atoms with Crippen molar-refractivity contribution in [2.24, 2.45) is 0 Å². The van der Waals surface area contributed by atoms with E-state index in [0.717, 1.165) is 24.7 Å². The molecular weight excluding hydrogens is 184 g/mol. The topological polar surface area (TPSA) is 32.3 Å². The molecule has 1 unspecified atom stereocenters. The summed E-state index contributed by atoms with van der Waals surface area (Å²) in [5, 5.41) is 3.23. The Labute approximate surface area is 83.2 Å². The molecule has 0 radical (unpaired) electrons. The Morgan fingerprint density at radius 3 is 2.69 bits per heavy atom. The molecule has 2 rings (SSSR count). The summed E-state index contributed by atoms with van der Waals surface area (Å²) in [6.07, 6.45) is 3.66. The van der Waals surface area contributed by atoms with E-state index in [4.69, 9.17) is 0 Å². The predicted octanol–water partition coefficient (Wildman–Crippen LogP) is 0.661. The minimum absolute atomic E-state index is 0.100. The average Bonchev–Trinajstić information content (AvgIpc) is 2.71. The Balaban J connectivity index is 1.87. The van der Waals surface area contributed by atoms with E-state index in [1.807, 2.05) is 16.7 Å². The van der Waals surface area contributed by atoms with Crippen LogP contribution in [0.1, 0.15) is 19.3 Å². The van der Waals surface area contributed by atoms with E-state index in [1.165, 1.54) is 19.3 Å². The molecule has 13 heavy (non-hydrogen) atoms. The van der Waals surface area contributed by atoms with Crippen molar-refractivity contribution in [1.29, 1.82) is 0 Å². The molecule has 1 atom stereocenters. The summed E-state index contributed by atoms with van der Waals surface area (Å²) in [6.45, 7) is 1.95. The van der Waals surface area contributed by atoms with Crippen LogP contribution in [0.2, 0.25) is 0 Å². The van der Waals surface area contributed by atoms with Crippen LogP contribution in [0, 0.1) is 0 Å². The molecule has 2 fully saturated rings. The highest BCUT2D eigenvalue weighted by Gasteiger charge is 2.27. The molecule has 0 spiro atoms. The third kappa shape index (κ3) is 2.17. The first-order chi connectivity index (χ1) is 6.38. The number of nitrogens with one attached hydrogen (secondary N) is 1. The van der Waals surface area contributed by atoms with Gasteiger partial charge in [-0.05, 0) is 19.3 Å². The van der Waals surface area contributed by atoms with Gasteiger partial charge in [-0.2, -0.15) is 0 Å². The van der Waals surface area contributed by atoms with Crippen LogP contribution >= 0.6 is 11.8 Å². The van der Waals surface area contributed by atoms with Gasteiger partial charge in [0.1, 0.15) is 0 Å². The summed E-state index contributed by atoms with van der Waals surface area (Å²) >= 11 is 1.82. The molecule has 0 bridgehead atoms. The number of nitrogens with zero attached hydrogens (tertiary/aromatic N) is 1. The van der Waals surface area contributed by atoms with E-state index in [2.05, 4.69) is 5.32 Å². The van der Waals surface area contributed by atoms with E-state index in [9.17, 15) is 4.79 Å². The maximum absolute atomic E-state index is 11.9. The monoisotopic (exact) mass is 200 g/mol. The van der Waals surface area contributed by atoms with E-state index in [0.29, 0.717) is 5.91 Å². The van der Waals surface area contributed by atoms with Gasteiger partial charge in [-0.1, -0.05) is 0 Å². The van der Waals surface area contributed by atoms with Gasteiger partial charge in [0.05, 0.1) is 6.04 Å². The smallest absolute Gasteiger partial charge is 0.240 e. The Kier molecular flexibility index (Phi) is 3.11. The fourth-order valence-electron chi connectivity index (χ4n) is 1.89. The summed E-state index contributed by atoms with van der Waals surface area (Å²) in [7, 11) is 0. The number of piperidine rings is 1. The van der Waals surface area contributed by atoms with Crippen LogP contribution in [0.5, 0.6) is 0 Å². The van der Waals surface area contributed by atoms with Crippen molar-refractivity contribution in [2.75, 3.05) is 24.7 Å². The Morgan fingerprint density at radius 2 is 2.08 bits per heavy atom. The average molecular weight is 200 g/mol. The van der Waals surface area contributed by atoms with Crippen LogP contribution in [0.4, 0.5) is 0 Å². The molecule has 0 aromatic heterocycles. The fourth-order valence-corrected chi connectivity index (χ4v) is 2.82. The van der Waals surface area contributed by atoms with Gasteiger partial charge in [-0.15, -0.1) is 11.8 Å². The van der Waals surface area contributed by atoms with Crippen molar-refractivity contribution in [3.05, 3.63) is 0 Å². The van der Waals surface area contributed by atoms with Gasteiger partial charge in [0.25, 0.3) is 0 Å². The van der Waals surface area contributed by atoms with Crippen LogP contribution in [0.25, 0.3) is 0 Å². The van der Waals surface area contributed by atoms with Crippen molar-refractivity contribution in [2.45, 2.75) is 25.3 Å². The number of hydrogen-bond donors (Lipinski definition) is 1. The lowest BCUT2D eigenvalue weighted by Gasteiger charge is -2.28. The molecule has 1 N–H and O–H groups in total. The van der Waals surface area contributed by atoms with E-state index < -0.39 is 0 Å². The SMILES string of the molecule is O=C(C1CSCN1)N1CCCCC1. The summed E-state index contributed by atoms with van der Waals surface area (Å²) in [5.74, 6) is 2.21.